The molecule has 0 spiro atoms. The zero-order valence-corrected chi connectivity index (χ0v) is 30.1. The molecular formula is C33H65NO14. The van der Waals surface area contributed by atoms with Crippen LogP contribution in [0.4, 0.5) is 4.79 Å². The second-order valence-electron chi connectivity index (χ2n) is 11.2. The maximum absolute atomic E-state index is 11.5. The maximum Gasteiger partial charge on any atom is 0.407 e. The molecule has 0 aromatic rings. The lowest BCUT2D eigenvalue weighted by molar-refractivity contribution is -0.145. The first kappa shape index (κ1) is 46.3. The third-order valence-electron chi connectivity index (χ3n) is 5.74. The Hall–Kier alpha value is -1.66. The number of ether oxygens (including phenoxy) is 12. The van der Waals surface area contributed by atoms with Gasteiger partial charge in [0.25, 0.3) is 0 Å². The Morgan fingerprint density at radius 1 is 0.458 bits per heavy atom. The van der Waals surface area contributed by atoms with E-state index in [-0.39, 0.29) is 12.6 Å². The van der Waals surface area contributed by atoms with Crippen molar-refractivity contribution in [2.75, 3.05) is 145 Å². The lowest BCUT2D eigenvalue weighted by atomic mass is 10.2. The molecule has 286 valence electrons. The fourth-order valence-corrected chi connectivity index (χ4v) is 3.43. The van der Waals surface area contributed by atoms with Gasteiger partial charge in [0.05, 0.1) is 132 Å². The van der Waals surface area contributed by atoms with Gasteiger partial charge in [0.2, 0.25) is 0 Å². The number of unbranched alkanes of at least 4 members (excludes halogenated alkanes) is 2. The van der Waals surface area contributed by atoms with Crippen molar-refractivity contribution in [3.05, 3.63) is 0 Å². The lowest BCUT2D eigenvalue weighted by Crippen LogP contribution is -2.34. The summed E-state index contributed by atoms with van der Waals surface area (Å²) < 4.78 is 64.6. The van der Waals surface area contributed by atoms with Crippen molar-refractivity contribution in [3.63, 3.8) is 0 Å². The molecule has 0 aromatic carbocycles. The Labute approximate surface area is 288 Å². The molecule has 0 aliphatic rings. The third kappa shape index (κ3) is 40.5. The van der Waals surface area contributed by atoms with Crippen molar-refractivity contribution >= 4 is 12.1 Å². The smallest absolute Gasteiger partial charge is 0.407 e. The molecule has 0 saturated heterocycles. The molecule has 1 amide bonds. The topological polar surface area (TPSA) is 157 Å². The molecule has 48 heavy (non-hydrogen) atoms. The Balaban J connectivity index is 3.12. The van der Waals surface area contributed by atoms with Crippen molar-refractivity contribution in [2.45, 2.75) is 59.0 Å². The summed E-state index contributed by atoms with van der Waals surface area (Å²) in [4.78, 5) is 22.9. The minimum absolute atomic E-state index is 0.163. The van der Waals surface area contributed by atoms with Gasteiger partial charge in [-0.3, -0.25) is 4.79 Å². The maximum atomic E-state index is 11.5. The predicted octanol–water partition coefficient (Wildman–Crippen LogP) is 2.80. The van der Waals surface area contributed by atoms with E-state index >= 15 is 0 Å². The highest BCUT2D eigenvalue weighted by atomic mass is 16.6. The molecule has 1 N–H and O–H groups in total. The molecule has 0 fully saturated rings. The Kier molecular flexibility index (Phi) is 35.3. The fourth-order valence-electron chi connectivity index (χ4n) is 3.43. The van der Waals surface area contributed by atoms with Crippen molar-refractivity contribution in [3.8, 4) is 0 Å². The molecular weight excluding hydrogens is 634 g/mol. The van der Waals surface area contributed by atoms with Crippen LogP contribution in [0.15, 0.2) is 0 Å². The van der Waals surface area contributed by atoms with Crippen molar-refractivity contribution in [1.29, 1.82) is 0 Å². The molecule has 0 rings (SSSR count). The van der Waals surface area contributed by atoms with E-state index in [0.29, 0.717) is 145 Å². The first-order valence-corrected chi connectivity index (χ1v) is 17.2. The van der Waals surface area contributed by atoms with Gasteiger partial charge in [0, 0.05) is 13.0 Å². The molecule has 0 saturated carbocycles. The third-order valence-corrected chi connectivity index (χ3v) is 5.74. The molecule has 0 radical (unpaired) electrons. The molecule has 0 heterocycles. The van der Waals surface area contributed by atoms with Crippen LogP contribution in [0.25, 0.3) is 0 Å². The summed E-state index contributed by atoms with van der Waals surface area (Å²) in [5.41, 5.74) is -0.514. The van der Waals surface area contributed by atoms with Crippen molar-refractivity contribution in [2.24, 2.45) is 0 Å². The summed E-state index contributed by atoms with van der Waals surface area (Å²) in [6, 6.07) is 0. The summed E-state index contributed by atoms with van der Waals surface area (Å²) in [5, 5.41) is 2.63. The number of carbonyl (C=O) groups excluding carboxylic acids is 2. The number of carbonyl (C=O) groups is 2. The largest absolute Gasteiger partial charge is 0.463 e. The average Bonchev–Trinajstić information content (AvgIpc) is 3.04. The van der Waals surface area contributed by atoms with Crippen molar-refractivity contribution in [1.82, 2.24) is 5.32 Å². The number of nitrogens with one attached hydrogen (secondary N) is 1. The molecule has 0 aliphatic carbocycles. The molecule has 0 atom stereocenters. The standard InChI is InChI=1S/C33H65NO14/c1-5-6-7-8-31(35)47-30-29-46-28-27-45-26-25-44-24-23-43-22-21-42-20-19-41-18-17-40-16-15-39-14-13-38-12-11-37-10-9-34-32(36)48-33(2,3)4/h5-30H2,1-4H3,(H,34,36). The zero-order valence-electron chi connectivity index (χ0n) is 30.1. The van der Waals surface area contributed by atoms with Gasteiger partial charge in [0.1, 0.15) is 12.2 Å². The van der Waals surface area contributed by atoms with Gasteiger partial charge in [-0.25, -0.2) is 4.79 Å². The monoisotopic (exact) mass is 699 g/mol. The van der Waals surface area contributed by atoms with Gasteiger partial charge in [0.15, 0.2) is 0 Å². The minimum atomic E-state index is -0.514. The first-order valence-electron chi connectivity index (χ1n) is 17.2. The Morgan fingerprint density at radius 3 is 1.08 bits per heavy atom. The van der Waals surface area contributed by atoms with Crippen LogP contribution in [-0.4, -0.2) is 163 Å². The highest BCUT2D eigenvalue weighted by Crippen LogP contribution is 2.06. The van der Waals surface area contributed by atoms with Gasteiger partial charge in [-0.15, -0.1) is 0 Å². The SMILES string of the molecule is CCCCCC(=O)OCCOCCOCCOCCOCCOCCOCCOCCOCCOCCOCCNC(=O)OC(C)(C)C. The second kappa shape index (κ2) is 36.6. The van der Waals surface area contributed by atoms with Crippen LogP contribution in [-0.2, 0) is 61.6 Å². The van der Waals surface area contributed by atoms with Crippen LogP contribution in [0.2, 0.25) is 0 Å². The van der Waals surface area contributed by atoms with E-state index < -0.39 is 11.7 Å². The van der Waals surface area contributed by atoms with Gasteiger partial charge < -0.3 is 62.2 Å². The van der Waals surface area contributed by atoms with E-state index in [9.17, 15) is 9.59 Å². The van der Waals surface area contributed by atoms with Crippen LogP contribution >= 0.6 is 0 Å². The summed E-state index contributed by atoms with van der Waals surface area (Å²) in [5.74, 6) is -0.163. The van der Waals surface area contributed by atoms with E-state index in [1.165, 1.54) is 0 Å². The fraction of sp³-hybridized carbons (Fsp3) is 0.939. The molecule has 0 bridgehead atoms. The number of hydrogen-bond acceptors (Lipinski definition) is 14. The number of esters is 1. The van der Waals surface area contributed by atoms with E-state index in [4.69, 9.17) is 56.8 Å². The van der Waals surface area contributed by atoms with Gasteiger partial charge in [-0.1, -0.05) is 19.8 Å². The number of rotatable bonds is 37. The van der Waals surface area contributed by atoms with Crippen LogP contribution in [0.3, 0.4) is 0 Å². The van der Waals surface area contributed by atoms with Crippen LogP contribution in [0.5, 0.6) is 0 Å². The van der Waals surface area contributed by atoms with E-state index in [2.05, 4.69) is 12.2 Å². The van der Waals surface area contributed by atoms with Gasteiger partial charge in [-0.05, 0) is 27.2 Å². The van der Waals surface area contributed by atoms with E-state index in [0.717, 1.165) is 19.3 Å². The molecule has 0 aromatic heterocycles. The summed E-state index contributed by atoms with van der Waals surface area (Å²) in [7, 11) is 0. The summed E-state index contributed by atoms with van der Waals surface area (Å²) in [6.07, 6.45) is 3.02. The zero-order chi connectivity index (χ0) is 35.2. The van der Waals surface area contributed by atoms with Gasteiger partial charge in [-0.2, -0.15) is 0 Å². The number of amides is 1. The van der Waals surface area contributed by atoms with Gasteiger partial charge >= 0.3 is 12.1 Å². The average molecular weight is 700 g/mol. The van der Waals surface area contributed by atoms with E-state index in [1.54, 1.807) is 0 Å². The summed E-state index contributed by atoms with van der Waals surface area (Å²) >= 11 is 0. The van der Waals surface area contributed by atoms with Crippen LogP contribution < -0.4 is 5.32 Å². The Morgan fingerprint density at radius 2 is 0.771 bits per heavy atom. The molecule has 0 aliphatic heterocycles. The van der Waals surface area contributed by atoms with Crippen molar-refractivity contribution < 1.29 is 66.4 Å². The number of hydrogen-bond donors (Lipinski definition) is 1. The van der Waals surface area contributed by atoms with Crippen LogP contribution in [0.1, 0.15) is 53.4 Å². The quantitative estimate of drug-likeness (QED) is 0.0746. The van der Waals surface area contributed by atoms with E-state index in [1.807, 2.05) is 20.8 Å². The molecule has 15 heteroatoms. The highest BCUT2D eigenvalue weighted by molar-refractivity contribution is 5.69. The lowest BCUT2D eigenvalue weighted by Gasteiger charge is -2.19. The normalized spacial score (nSPS) is 11.6. The summed E-state index contributed by atoms with van der Waals surface area (Å²) in [6.45, 7) is 17.5. The highest BCUT2D eigenvalue weighted by Gasteiger charge is 2.15. The first-order chi connectivity index (χ1) is 23.3. The molecule has 0 unspecified atom stereocenters. The predicted molar refractivity (Wildman–Crippen MR) is 178 cm³/mol. The second-order valence-corrected chi connectivity index (χ2v) is 11.2. The molecule has 15 nitrogen and oxygen atoms in total. The van der Waals surface area contributed by atoms with Crippen LogP contribution in [0, 0.1) is 0 Å². The minimum Gasteiger partial charge on any atom is -0.463 e. The number of alkyl carbamates (subject to hydrolysis) is 1. The Bertz CT molecular complexity index is 696.